The fourth-order valence-electron chi connectivity index (χ4n) is 6.49. The number of carbonyl (C=O) groups is 1. The molecule has 0 bridgehead atoms. The highest BCUT2D eigenvalue weighted by Gasteiger charge is 2.58. The molecular weight excluding hydrogens is 494 g/mol. The molecular formula is C21H24F6N8O. The third-order valence-corrected chi connectivity index (χ3v) is 7.97. The molecule has 4 aliphatic rings. The second-order valence-corrected chi connectivity index (χ2v) is 11.1. The number of amides is 2. The number of rotatable bonds is 4. The summed E-state index contributed by atoms with van der Waals surface area (Å²) >= 11 is 0. The maximum atomic E-state index is 12.8. The van der Waals surface area contributed by atoms with E-state index in [0.29, 0.717) is 61.8 Å². The zero-order chi connectivity index (χ0) is 25.5. The van der Waals surface area contributed by atoms with Crippen LogP contribution in [0.15, 0.2) is 12.5 Å². The van der Waals surface area contributed by atoms with Crippen LogP contribution in [0, 0.1) is 16.7 Å². The van der Waals surface area contributed by atoms with Crippen molar-refractivity contribution in [2.75, 3.05) is 26.2 Å². The first-order valence-corrected chi connectivity index (χ1v) is 11.8. The van der Waals surface area contributed by atoms with E-state index >= 15 is 0 Å². The highest BCUT2D eigenvalue weighted by atomic mass is 19.4. The Kier molecular flexibility index (Phi) is 4.95. The molecule has 4 heterocycles. The van der Waals surface area contributed by atoms with Crippen molar-refractivity contribution in [3.63, 3.8) is 0 Å². The van der Waals surface area contributed by atoms with Gasteiger partial charge in [-0.1, -0.05) is 0 Å². The van der Waals surface area contributed by atoms with Crippen molar-refractivity contribution in [1.29, 1.82) is 0 Å². The molecule has 0 unspecified atom stereocenters. The molecule has 2 saturated heterocycles. The number of carbonyl (C=O) groups excluding carboxylic acids is 1. The Bertz CT molecular complexity index is 1140. The lowest BCUT2D eigenvalue weighted by Crippen LogP contribution is -2.71. The Hall–Kier alpha value is -2.87. The van der Waals surface area contributed by atoms with Crippen molar-refractivity contribution in [2.45, 2.75) is 57.0 Å². The molecule has 2 amide bonds. The van der Waals surface area contributed by atoms with Gasteiger partial charge in [-0.25, -0.2) is 14.5 Å². The van der Waals surface area contributed by atoms with Gasteiger partial charge in [-0.3, -0.25) is 0 Å². The van der Waals surface area contributed by atoms with E-state index in [2.05, 4.69) is 20.3 Å². The van der Waals surface area contributed by atoms with E-state index in [1.165, 1.54) is 10.9 Å². The van der Waals surface area contributed by atoms with Gasteiger partial charge in [0.2, 0.25) is 0 Å². The Labute approximate surface area is 201 Å². The molecule has 2 saturated carbocycles. The Morgan fingerprint density at radius 1 is 0.944 bits per heavy atom. The molecule has 2 aromatic heterocycles. The summed E-state index contributed by atoms with van der Waals surface area (Å²) in [5.74, 6) is -0.807. The second kappa shape index (κ2) is 7.57. The first kappa shape index (κ1) is 23.5. The third kappa shape index (κ3) is 4.19. The van der Waals surface area contributed by atoms with Crippen LogP contribution in [-0.4, -0.2) is 77.9 Å². The summed E-state index contributed by atoms with van der Waals surface area (Å²) in [6.07, 6.45) is -2.65. The van der Waals surface area contributed by atoms with Gasteiger partial charge in [-0.15, -0.1) is 5.10 Å². The average Bonchev–Trinajstić information content (AvgIpc) is 3.28. The maximum absolute atomic E-state index is 12.8. The molecule has 2 spiro atoms. The summed E-state index contributed by atoms with van der Waals surface area (Å²) in [5, 5.41) is 11.1. The topological polar surface area (TPSA) is 85.0 Å². The van der Waals surface area contributed by atoms with E-state index in [-0.39, 0.29) is 22.9 Å². The van der Waals surface area contributed by atoms with Crippen LogP contribution in [0.5, 0.6) is 0 Å². The summed E-state index contributed by atoms with van der Waals surface area (Å²) in [6, 6.07) is -0.131. The van der Waals surface area contributed by atoms with Gasteiger partial charge < -0.3 is 9.80 Å². The minimum absolute atomic E-state index is 0.00615. The molecule has 196 valence electrons. The van der Waals surface area contributed by atoms with Gasteiger partial charge in [-0.2, -0.15) is 41.3 Å². The van der Waals surface area contributed by atoms with E-state index in [1.807, 2.05) is 4.90 Å². The zero-order valence-electron chi connectivity index (χ0n) is 19.1. The van der Waals surface area contributed by atoms with Crippen molar-refractivity contribution in [1.82, 2.24) is 39.6 Å². The number of nitrogens with zero attached hydrogens (tertiary/aromatic N) is 8. The number of hydrogen-bond acceptors (Lipinski definition) is 5. The minimum Gasteiger partial charge on any atom is -0.323 e. The number of alkyl halides is 6. The predicted molar refractivity (Wildman–Crippen MR) is 109 cm³/mol. The van der Waals surface area contributed by atoms with Crippen molar-refractivity contribution in [2.24, 2.45) is 16.7 Å². The fourth-order valence-corrected chi connectivity index (χ4v) is 6.49. The molecule has 6 rings (SSSR count). The van der Waals surface area contributed by atoms with Gasteiger partial charge in [0.1, 0.15) is 6.33 Å². The molecule has 0 aromatic carbocycles. The van der Waals surface area contributed by atoms with Gasteiger partial charge in [0, 0.05) is 37.0 Å². The number of halogens is 6. The summed E-state index contributed by atoms with van der Waals surface area (Å²) in [5.41, 5.74) is 0.602. The van der Waals surface area contributed by atoms with E-state index in [9.17, 15) is 31.1 Å². The molecule has 2 aromatic rings. The van der Waals surface area contributed by atoms with Crippen LogP contribution < -0.4 is 0 Å². The summed E-state index contributed by atoms with van der Waals surface area (Å²) in [4.78, 5) is 20.4. The Morgan fingerprint density at radius 3 is 2.11 bits per heavy atom. The molecule has 0 atom stereocenters. The second-order valence-electron chi connectivity index (χ2n) is 11.1. The quantitative estimate of drug-likeness (QED) is 0.581. The van der Waals surface area contributed by atoms with Crippen molar-refractivity contribution in [3.05, 3.63) is 24.0 Å². The first-order chi connectivity index (χ1) is 16.8. The van der Waals surface area contributed by atoms with Crippen molar-refractivity contribution < 1.29 is 31.1 Å². The lowest BCUT2D eigenvalue weighted by atomic mass is 9.56. The van der Waals surface area contributed by atoms with E-state index in [0.717, 1.165) is 19.2 Å². The summed E-state index contributed by atoms with van der Waals surface area (Å²) in [6.45, 7) is 1.35. The predicted octanol–water partition coefficient (Wildman–Crippen LogP) is 3.16. The molecule has 15 heteroatoms. The summed E-state index contributed by atoms with van der Waals surface area (Å²) in [7, 11) is 0. The van der Waals surface area contributed by atoms with Crippen molar-refractivity contribution in [3.8, 4) is 0 Å². The molecule has 2 aliphatic heterocycles. The lowest BCUT2D eigenvalue weighted by molar-refractivity contribution is -0.146. The SMILES string of the molecule is O=C(N1CC2(CC(Cc3cnn(CC(F)(F)F)n3)C2)C1)N1CC2(CC(n3cnc(C(F)(F)F)n3)C2)C1. The largest absolute Gasteiger partial charge is 0.453 e. The monoisotopic (exact) mass is 518 g/mol. The fraction of sp³-hybridized carbons (Fsp3) is 0.762. The van der Waals surface area contributed by atoms with Crippen LogP contribution in [0.25, 0.3) is 0 Å². The van der Waals surface area contributed by atoms with E-state index < -0.39 is 24.7 Å². The average molecular weight is 518 g/mol. The normalized spacial score (nSPS) is 23.4. The summed E-state index contributed by atoms with van der Waals surface area (Å²) < 4.78 is 76.7. The molecule has 2 aliphatic carbocycles. The molecule has 9 nitrogen and oxygen atoms in total. The van der Waals surface area contributed by atoms with Crippen LogP contribution in [0.4, 0.5) is 31.1 Å². The highest BCUT2D eigenvalue weighted by molar-refractivity contribution is 5.77. The number of urea groups is 1. The van der Waals surface area contributed by atoms with Crippen LogP contribution in [-0.2, 0) is 19.1 Å². The van der Waals surface area contributed by atoms with Crippen LogP contribution in [0.1, 0.15) is 43.2 Å². The van der Waals surface area contributed by atoms with Gasteiger partial charge in [0.15, 0.2) is 6.54 Å². The number of hydrogen-bond donors (Lipinski definition) is 0. The van der Waals surface area contributed by atoms with Gasteiger partial charge >= 0.3 is 18.4 Å². The Morgan fingerprint density at radius 2 is 1.56 bits per heavy atom. The zero-order valence-corrected chi connectivity index (χ0v) is 19.1. The minimum atomic E-state index is -4.56. The van der Waals surface area contributed by atoms with Gasteiger partial charge in [-0.05, 0) is 38.0 Å². The smallest absolute Gasteiger partial charge is 0.323 e. The first-order valence-electron chi connectivity index (χ1n) is 11.8. The van der Waals surface area contributed by atoms with E-state index in [4.69, 9.17) is 0 Å². The molecule has 0 radical (unpaired) electrons. The van der Waals surface area contributed by atoms with Gasteiger partial charge in [0.25, 0.3) is 5.82 Å². The maximum Gasteiger partial charge on any atom is 0.453 e. The molecule has 36 heavy (non-hydrogen) atoms. The molecule has 4 fully saturated rings. The Balaban J connectivity index is 0.914. The van der Waals surface area contributed by atoms with Crippen LogP contribution in [0.2, 0.25) is 0 Å². The standard InChI is InChI=1S/C21H24F6N8O/c22-20(23,24)11-35-29-6-14(30-35)1-13-2-18(3-13)7-32(8-18)17(36)33-9-19(10-33)4-15(5-19)34-12-28-16(31-34)21(25,26)27/h6,12-13,15H,1-5,7-11H2. The van der Waals surface area contributed by atoms with Crippen LogP contribution in [0.3, 0.4) is 0 Å². The van der Waals surface area contributed by atoms with Crippen LogP contribution >= 0.6 is 0 Å². The number of likely N-dealkylation sites (tertiary alicyclic amines) is 2. The van der Waals surface area contributed by atoms with Gasteiger partial charge in [0.05, 0.1) is 17.9 Å². The molecule has 0 N–H and O–H groups in total. The third-order valence-electron chi connectivity index (χ3n) is 7.97. The lowest BCUT2D eigenvalue weighted by Gasteiger charge is -2.63. The van der Waals surface area contributed by atoms with E-state index in [1.54, 1.807) is 4.90 Å². The highest BCUT2D eigenvalue weighted by Crippen LogP contribution is 2.56. The number of aromatic nitrogens is 6. The van der Waals surface area contributed by atoms with Crippen molar-refractivity contribution >= 4 is 6.03 Å².